The van der Waals surface area contributed by atoms with E-state index in [1.807, 2.05) is 6.07 Å². The molecule has 5 heteroatoms. The zero-order valence-electron chi connectivity index (χ0n) is 8.52. The molecule has 16 heavy (non-hydrogen) atoms. The Kier molecular flexibility index (Phi) is 3.44. The van der Waals surface area contributed by atoms with Gasteiger partial charge in [0, 0.05) is 12.6 Å². The Labute approximate surface area is 97.9 Å². The van der Waals surface area contributed by atoms with E-state index in [0.29, 0.717) is 29.7 Å². The zero-order valence-corrected chi connectivity index (χ0v) is 9.28. The Morgan fingerprint density at radius 1 is 1.38 bits per heavy atom. The van der Waals surface area contributed by atoms with Crippen molar-refractivity contribution in [3.05, 3.63) is 46.8 Å². The van der Waals surface area contributed by atoms with Crippen molar-refractivity contribution in [1.29, 1.82) is 0 Å². The van der Waals surface area contributed by atoms with Gasteiger partial charge in [0.2, 0.25) is 0 Å². The highest BCUT2D eigenvalue weighted by Gasteiger charge is 2.04. The van der Waals surface area contributed by atoms with Gasteiger partial charge in [0.15, 0.2) is 5.76 Å². The molecule has 1 heterocycles. The fourth-order valence-electron chi connectivity index (χ4n) is 1.25. The number of hydrogen-bond acceptors (Lipinski definition) is 4. The molecule has 0 aliphatic rings. The second-order valence-corrected chi connectivity index (χ2v) is 3.64. The van der Waals surface area contributed by atoms with Crippen molar-refractivity contribution < 1.29 is 9.26 Å². The van der Waals surface area contributed by atoms with Crippen LogP contribution in [-0.4, -0.2) is 5.16 Å². The zero-order chi connectivity index (χ0) is 11.4. The Bertz CT molecular complexity index is 457. The molecule has 84 valence electrons. The van der Waals surface area contributed by atoms with E-state index < -0.39 is 0 Å². The number of nitrogens with two attached hydrogens (primary N) is 1. The van der Waals surface area contributed by atoms with Crippen LogP contribution in [0.25, 0.3) is 0 Å². The lowest BCUT2D eigenvalue weighted by atomic mass is 10.2. The summed E-state index contributed by atoms with van der Waals surface area (Å²) in [4.78, 5) is 0. The van der Waals surface area contributed by atoms with Crippen LogP contribution in [-0.2, 0) is 13.2 Å². The lowest BCUT2D eigenvalue weighted by Gasteiger charge is -2.07. The van der Waals surface area contributed by atoms with Crippen LogP contribution in [0, 0.1) is 0 Å². The van der Waals surface area contributed by atoms with E-state index in [4.69, 9.17) is 26.6 Å². The maximum absolute atomic E-state index is 6.02. The Balaban J connectivity index is 2.04. The van der Waals surface area contributed by atoms with Crippen LogP contribution >= 0.6 is 11.6 Å². The minimum Gasteiger partial charge on any atom is -0.484 e. The summed E-state index contributed by atoms with van der Waals surface area (Å²) in [7, 11) is 0. The topological polar surface area (TPSA) is 61.3 Å². The average molecular weight is 239 g/mol. The summed E-state index contributed by atoms with van der Waals surface area (Å²) < 4.78 is 10.4. The molecule has 0 aliphatic heterocycles. The summed E-state index contributed by atoms with van der Waals surface area (Å²) in [5.74, 6) is 1.26. The molecule has 2 rings (SSSR count). The van der Waals surface area contributed by atoms with E-state index in [-0.39, 0.29) is 0 Å². The van der Waals surface area contributed by atoms with E-state index in [0.717, 1.165) is 5.56 Å². The number of benzene rings is 1. The minimum atomic E-state index is 0.307. The molecule has 2 aromatic rings. The molecule has 2 N–H and O–H groups in total. The Morgan fingerprint density at radius 3 is 2.88 bits per heavy atom. The molecule has 0 saturated heterocycles. The quantitative estimate of drug-likeness (QED) is 0.888. The molecule has 0 atom stereocenters. The summed E-state index contributed by atoms with van der Waals surface area (Å²) in [6, 6.07) is 7.20. The number of rotatable bonds is 4. The standard InChI is InChI=1S/C11H11ClN2O2/c12-10-5-8(6-13)1-2-11(10)15-7-9-3-4-14-16-9/h1-5H,6-7,13H2. The molecule has 0 unspecified atom stereocenters. The SMILES string of the molecule is NCc1ccc(OCc2ccno2)c(Cl)c1. The summed E-state index contributed by atoms with van der Waals surface area (Å²) >= 11 is 6.02. The predicted molar refractivity (Wildman–Crippen MR) is 60.2 cm³/mol. The van der Waals surface area contributed by atoms with Crippen LogP contribution in [0.15, 0.2) is 35.0 Å². The van der Waals surface area contributed by atoms with Gasteiger partial charge in [-0.2, -0.15) is 0 Å². The second kappa shape index (κ2) is 5.01. The fourth-order valence-corrected chi connectivity index (χ4v) is 1.51. The third-order valence-electron chi connectivity index (χ3n) is 2.09. The van der Waals surface area contributed by atoms with Crippen LogP contribution in [0.3, 0.4) is 0 Å². The number of ether oxygens (including phenoxy) is 1. The second-order valence-electron chi connectivity index (χ2n) is 3.24. The third kappa shape index (κ3) is 2.53. The van der Waals surface area contributed by atoms with Crippen LogP contribution in [0.1, 0.15) is 11.3 Å². The maximum atomic E-state index is 6.02. The van der Waals surface area contributed by atoms with Gasteiger partial charge in [0.25, 0.3) is 0 Å². The molecule has 1 aromatic heterocycles. The van der Waals surface area contributed by atoms with Crippen molar-refractivity contribution in [2.75, 3.05) is 0 Å². The van der Waals surface area contributed by atoms with Gasteiger partial charge in [0.1, 0.15) is 12.4 Å². The number of nitrogens with zero attached hydrogens (tertiary/aromatic N) is 1. The summed E-state index contributed by atoms with van der Waals surface area (Å²) in [5.41, 5.74) is 6.47. The van der Waals surface area contributed by atoms with Crippen LogP contribution in [0.4, 0.5) is 0 Å². The molecular weight excluding hydrogens is 228 g/mol. The lowest BCUT2D eigenvalue weighted by Crippen LogP contribution is -1.98. The molecule has 0 radical (unpaired) electrons. The van der Waals surface area contributed by atoms with Gasteiger partial charge < -0.3 is 15.0 Å². The van der Waals surface area contributed by atoms with Crippen molar-refractivity contribution in [3.63, 3.8) is 0 Å². The van der Waals surface area contributed by atoms with Gasteiger partial charge in [-0.15, -0.1) is 0 Å². The highest BCUT2D eigenvalue weighted by molar-refractivity contribution is 6.32. The summed E-state index contributed by atoms with van der Waals surface area (Å²) in [5, 5.41) is 4.12. The van der Waals surface area contributed by atoms with Crippen molar-refractivity contribution in [2.45, 2.75) is 13.2 Å². The summed E-state index contributed by atoms with van der Waals surface area (Å²) in [6.07, 6.45) is 1.57. The van der Waals surface area contributed by atoms with Crippen LogP contribution in [0.2, 0.25) is 5.02 Å². The minimum absolute atomic E-state index is 0.307. The van der Waals surface area contributed by atoms with Gasteiger partial charge in [0.05, 0.1) is 11.2 Å². The van der Waals surface area contributed by atoms with Gasteiger partial charge >= 0.3 is 0 Å². The molecule has 0 spiro atoms. The Hall–Kier alpha value is -1.52. The monoisotopic (exact) mass is 238 g/mol. The van der Waals surface area contributed by atoms with E-state index in [1.54, 1.807) is 24.4 Å². The smallest absolute Gasteiger partial charge is 0.174 e. The van der Waals surface area contributed by atoms with Crippen molar-refractivity contribution in [2.24, 2.45) is 5.73 Å². The predicted octanol–water partition coefficient (Wildman–Crippen LogP) is 2.37. The number of halogens is 1. The third-order valence-corrected chi connectivity index (χ3v) is 2.39. The van der Waals surface area contributed by atoms with Gasteiger partial charge in [-0.05, 0) is 17.7 Å². The largest absolute Gasteiger partial charge is 0.484 e. The van der Waals surface area contributed by atoms with Crippen molar-refractivity contribution in [3.8, 4) is 5.75 Å². The normalized spacial score (nSPS) is 10.4. The maximum Gasteiger partial charge on any atom is 0.174 e. The van der Waals surface area contributed by atoms with E-state index in [1.165, 1.54) is 0 Å². The summed E-state index contributed by atoms with van der Waals surface area (Å²) in [6.45, 7) is 0.768. The van der Waals surface area contributed by atoms with E-state index >= 15 is 0 Å². The molecule has 0 bridgehead atoms. The first kappa shape index (κ1) is 11.0. The molecule has 4 nitrogen and oxygen atoms in total. The van der Waals surface area contributed by atoms with Crippen molar-refractivity contribution in [1.82, 2.24) is 5.16 Å². The molecule has 0 amide bonds. The fraction of sp³-hybridized carbons (Fsp3) is 0.182. The first-order valence-electron chi connectivity index (χ1n) is 4.80. The first-order chi connectivity index (χ1) is 7.79. The van der Waals surface area contributed by atoms with Crippen LogP contribution < -0.4 is 10.5 Å². The Morgan fingerprint density at radius 2 is 2.25 bits per heavy atom. The lowest BCUT2D eigenvalue weighted by molar-refractivity contribution is 0.249. The van der Waals surface area contributed by atoms with Gasteiger partial charge in [-0.1, -0.05) is 22.8 Å². The average Bonchev–Trinajstić information content (AvgIpc) is 2.80. The molecule has 0 aliphatic carbocycles. The highest BCUT2D eigenvalue weighted by Crippen LogP contribution is 2.26. The molecule has 0 saturated carbocycles. The molecule has 1 aromatic carbocycles. The molecular formula is C11H11ClN2O2. The number of aromatic nitrogens is 1. The van der Waals surface area contributed by atoms with Crippen molar-refractivity contribution >= 4 is 11.6 Å². The van der Waals surface area contributed by atoms with E-state index in [9.17, 15) is 0 Å². The molecule has 0 fully saturated rings. The van der Waals surface area contributed by atoms with Gasteiger partial charge in [-0.3, -0.25) is 0 Å². The first-order valence-corrected chi connectivity index (χ1v) is 5.18. The van der Waals surface area contributed by atoms with Gasteiger partial charge in [-0.25, -0.2) is 0 Å². The number of hydrogen-bond donors (Lipinski definition) is 1. The van der Waals surface area contributed by atoms with E-state index in [2.05, 4.69) is 5.16 Å². The van der Waals surface area contributed by atoms with Crippen LogP contribution in [0.5, 0.6) is 5.75 Å². The highest BCUT2D eigenvalue weighted by atomic mass is 35.5.